The number of anilines is 1. The lowest BCUT2D eigenvalue weighted by Crippen LogP contribution is -2.44. The first-order chi connectivity index (χ1) is 8.41. The molecule has 0 N–H and O–H groups in total. The van der Waals surface area contributed by atoms with Crippen LogP contribution in [-0.2, 0) is 4.79 Å². The van der Waals surface area contributed by atoms with E-state index in [1.165, 1.54) is 11.8 Å². The minimum atomic E-state index is -0.0953. The van der Waals surface area contributed by atoms with Gasteiger partial charge in [0.1, 0.15) is 0 Å². The number of rotatable bonds is 2. The van der Waals surface area contributed by atoms with Gasteiger partial charge in [-0.05, 0) is 45.9 Å². The van der Waals surface area contributed by atoms with Crippen LogP contribution in [0.4, 0.5) is 5.69 Å². The predicted molar refractivity (Wildman–Crippen MR) is 74.4 cm³/mol. The maximum atomic E-state index is 12.2. The molecule has 1 amide bonds. The van der Waals surface area contributed by atoms with Crippen molar-refractivity contribution in [1.82, 2.24) is 0 Å². The van der Waals surface area contributed by atoms with E-state index in [0.717, 1.165) is 10.6 Å². The topological polar surface area (TPSA) is 37.4 Å². The molecule has 2 rings (SSSR count). The smallest absolute Gasteiger partial charge is 0.240 e. The largest absolute Gasteiger partial charge is 0.308 e. The normalized spacial score (nSPS) is 19.1. The van der Waals surface area contributed by atoms with Crippen LogP contribution in [0.15, 0.2) is 23.1 Å². The van der Waals surface area contributed by atoms with Crippen molar-refractivity contribution in [3.8, 4) is 0 Å². The van der Waals surface area contributed by atoms with Crippen LogP contribution < -0.4 is 4.90 Å². The molecule has 0 aliphatic carbocycles. The Morgan fingerprint density at radius 2 is 2.06 bits per heavy atom. The van der Waals surface area contributed by atoms with Crippen LogP contribution in [0.25, 0.3) is 0 Å². The van der Waals surface area contributed by atoms with Crippen molar-refractivity contribution in [3.05, 3.63) is 23.8 Å². The first-order valence-electron chi connectivity index (χ1n) is 6.06. The second-order valence-electron chi connectivity index (χ2n) is 4.80. The van der Waals surface area contributed by atoms with Gasteiger partial charge in [-0.25, -0.2) is 0 Å². The van der Waals surface area contributed by atoms with Crippen molar-refractivity contribution < 1.29 is 9.59 Å². The van der Waals surface area contributed by atoms with Crippen LogP contribution >= 0.6 is 11.8 Å². The molecule has 0 saturated heterocycles. The summed E-state index contributed by atoms with van der Waals surface area (Å²) in [5.41, 5.74) is 1.62. The van der Waals surface area contributed by atoms with Gasteiger partial charge in [0.2, 0.25) is 5.91 Å². The zero-order valence-corrected chi connectivity index (χ0v) is 11.9. The highest BCUT2D eigenvalue weighted by atomic mass is 32.2. The highest BCUT2D eigenvalue weighted by Gasteiger charge is 2.32. The Labute approximate surface area is 112 Å². The third kappa shape index (κ3) is 2.17. The van der Waals surface area contributed by atoms with E-state index in [2.05, 4.69) is 0 Å². The molecule has 96 valence electrons. The minimum Gasteiger partial charge on any atom is -0.308 e. The fourth-order valence-corrected chi connectivity index (χ4v) is 3.19. The number of ketones is 1. The van der Waals surface area contributed by atoms with Gasteiger partial charge in [-0.3, -0.25) is 9.59 Å². The SMILES string of the molecule is CC(=O)c1ccc2c(c1)SC(C)C(=O)N2C(C)C. The monoisotopic (exact) mass is 263 g/mol. The van der Waals surface area contributed by atoms with Gasteiger partial charge in [0.15, 0.2) is 5.78 Å². The zero-order chi connectivity index (χ0) is 13.4. The van der Waals surface area contributed by atoms with Gasteiger partial charge in [-0.1, -0.05) is 0 Å². The quantitative estimate of drug-likeness (QED) is 0.769. The molecule has 18 heavy (non-hydrogen) atoms. The summed E-state index contributed by atoms with van der Waals surface area (Å²) in [6.07, 6.45) is 0. The first kappa shape index (κ1) is 13.1. The molecule has 1 atom stereocenters. The predicted octanol–water partition coefficient (Wildman–Crippen LogP) is 3.12. The lowest BCUT2D eigenvalue weighted by atomic mass is 10.1. The molecule has 0 bridgehead atoms. The maximum absolute atomic E-state index is 12.2. The number of thioether (sulfide) groups is 1. The van der Waals surface area contributed by atoms with E-state index < -0.39 is 0 Å². The van der Waals surface area contributed by atoms with Gasteiger partial charge in [-0.15, -0.1) is 11.8 Å². The molecule has 3 nitrogen and oxygen atoms in total. The van der Waals surface area contributed by atoms with Gasteiger partial charge < -0.3 is 4.90 Å². The van der Waals surface area contributed by atoms with Crippen molar-refractivity contribution in [2.45, 2.75) is 43.9 Å². The van der Waals surface area contributed by atoms with Gasteiger partial charge in [0, 0.05) is 16.5 Å². The number of hydrogen-bond acceptors (Lipinski definition) is 3. The number of carbonyl (C=O) groups excluding carboxylic acids is 2. The summed E-state index contributed by atoms with van der Waals surface area (Å²) >= 11 is 1.53. The van der Waals surface area contributed by atoms with Crippen LogP contribution in [0.3, 0.4) is 0 Å². The highest BCUT2D eigenvalue weighted by Crippen LogP contribution is 2.40. The Kier molecular flexibility index (Phi) is 3.48. The molecule has 1 heterocycles. The van der Waals surface area contributed by atoms with E-state index in [9.17, 15) is 9.59 Å². The number of nitrogens with zero attached hydrogens (tertiary/aromatic N) is 1. The first-order valence-corrected chi connectivity index (χ1v) is 6.94. The zero-order valence-electron chi connectivity index (χ0n) is 11.1. The molecule has 1 aromatic carbocycles. The molecule has 0 aromatic heterocycles. The van der Waals surface area contributed by atoms with Crippen LogP contribution in [0.2, 0.25) is 0 Å². The van der Waals surface area contributed by atoms with Gasteiger partial charge in [0.05, 0.1) is 10.9 Å². The lowest BCUT2D eigenvalue weighted by molar-refractivity contribution is -0.118. The van der Waals surface area contributed by atoms with Crippen LogP contribution in [-0.4, -0.2) is 23.0 Å². The third-order valence-corrected chi connectivity index (χ3v) is 4.17. The number of Topliss-reactive ketones (excluding diaryl/α,β-unsaturated/α-hetero) is 1. The van der Waals surface area contributed by atoms with Crippen LogP contribution in [0, 0.1) is 0 Å². The summed E-state index contributed by atoms with van der Waals surface area (Å²) in [5, 5.41) is -0.0953. The standard InChI is InChI=1S/C14H17NO2S/c1-8(2)15-12-6-5-11(9(3)16)7-13(12)18-10(4)14(15)17/h5-8,10H,1-4H3. The number of benzene rings is 1. The molecule has 1 aliphatic heterocycles. The molecule has 1 aromatic rings. The average Bonchev–Trinajstić information content (AvgIpc) is 2.29. The molecular formula is C14H17NO2S. The molecular weight excluding hydrogens is 246 g/mol. The Balaban J connectivity index is 2.52. The van der Waals surface area contributed by atoms with Crippen molar-refractivity contribution in [3.63, 3.8) is 0 Å². The van der Waals surface area contributed by atoms with Gasteiger partial charge in [0.25, 0.3) is 0 Å². The molecule has 0 saturated carbocycles. The number of hydrogen-bond donors (Lipinski definition) is 0. The van der Waals surface area contributed by atoms with Crippen LogP contribution in [0.1, 0.15) is 38.1 Å². The fourth-order valence-electron chi connectivity index (χ4n) is 2.11. The van der Waals surface area contributed by atoms with Crippen molar-refractivity contribution in [2.75, 3.05) is 4.90 Å². The van der Waals surface area contributed by atoms with Crippen molar-refractivity contribution in [2.24, 2.45) is 0 Å². The number of fused-ring (bicyclic) bond motifs is 1. The summed E-state index contributed by atoms with van der Waals surface area (Å²) in [4.78, 5) is 26.4. The Bertz CT molecular complexity index is 511. The highest BCUT2D eigenvalue weighted by molar-refractivity contribution is 8.01. The summed E-state index contributed by atoms with van der Waals surface area (Å²) in [6.45, 7) is 7.47. The summed E-state index contributed by atoms with van der Waals surface area (Å²) in [7, 11) is 0. The van der Waals surface area contributed by atoms with Crippen molar-refractivity contribution in [1.29, 1.82) is 0 Å². The van der Waals surface area contributed by atoms with E-state index in [0.29, 0.717) is 5.56 Å². The summed E-state index contributed by atoms with van der Waals surface area (Å²) < 4.78 is 0. The second kappa shape index (κ2) is 4.76. The fraction of sp³-hybridized carbons (Fsp3) is 0.429. The second-order valence-corrected chi connectivity index (χ2v) is 6.18. The molecule has 4 heteroatoms. The Hall–Kier alpha value is -1.29. The maximum Gasteiger partial charge on any atom is 0.240 e. The summed E-state index contributed by atoms with van der Waals surface area (Å²) in [5.74, 6) is 0.192. The van der Waals surface area contributed by atoms with E-state index in [1.54, 1.807) is 13.0 Å². The lowest BCUT2D eigenvalue weighted by Gasteiger charge is -2.35. The van der Waals surface area contributed by atoms with Crippen LogP contribution in [0.5, 0.6) is 0 Å². The molecule has 1 unspecified atom stereocenters. The average molecular weight is 263 g/mol. The van der Waals surface area contributed by atoms with Crippen molar-refractivity contribution >= 4 is 29.1 Å². The summed E-state index contributed by atoms with van der Waals surface area (Å²) in [6, 6.07) is 5.69. The number of carbonyl (C=O) groups is 2. The van der Waals surface area contributed by atoms with Gasteiger partial charge in [-0.2, -0.15) is 0 Å². The van der Waals surface area contributed by atoms with E-state index in [4.69, 9.17) is 0 Å². The van der Waals surface area contributed by atoms with Gasteiger partial charge >= 0.3 is 0 Å². The van der Waals surface area contributed by atoms with E-state index >= 15 is 0 Å². The third-order valence-electron chi connectivity index (χ3n) is 3.03. The molecule has 1 aliphatic rings. The molecule has 0 fully saturated rings. The van der Waals surface area contributed by atoms with E-state index in [1.807, 2.05) is 37.8 Å². The number of amides is 1. The molecule has 0 spiro atoms. The Morgan fingerprint density at radius 1 is 1.39 bits per heavy atom. The minimum absolute atomic E-state index is 0.0547. The Morgan fingerprint density at radius 3 is 2.61 bits per heavy atom. The van der Waals surface area contributed by atoms with E-state index in [-0.39, 0.29) is 23.0 Å². The molecule has 0 radical (unpaired) electrons.